The second kappa shape index (κ2) is 6.97. The first-order chi connectivity index (χ1) is 9.76. The van der Waals surface area contributed by atoms with E-state index in [-0.39, 0.29) is 0 Å². The summed E-state index contributed by atoms with van der Waals surface area (Å²) in [5, 5.41) is 2.50. The lowest BCUT2D eigenvalue weighted by molar-refractivity contribution is -0.143. The van der Waals surface area contributed by atoms with E-state index in [1.165, 1.54) is 14.2 Å². The van der Waals surface area contributed by atoms with Gasteiger partial charge in [-0.25, -0.2) is 9.59 Å². The van der Waals surface area contributed by atoms with E-state index in [9.17, 15) is 9.59 Å². The van der Waals surface area contributed by atoms with Crippen LogP contribution >= 0.6 is 0 Å². The normalized spacial score (nSPS) is 12.2. The molecule has 0 aromatic heterocycles. The van der Waals surface area contributed by atoms with Gasteiger partial charge in [-0.15, -0.1) is 0 Å². The maximum Gasteiger partial charge on any atom is 0.408 e. The maximum atomic E-state index is 11.9. The van der Waals surface area contributed by atoms with Crippen LogP contribution in [0.1, 0.15) is 32.4 Å². The first-order valence-electron chi connectivity index (χ1n) is 6.48. The van der Waals surface area contributed by atoms with Gasteiger partial charge in [-0.2, -0.15) is 0 Å². The lowest BCUT2D eigenvalue weighted by Crippen LogP contribution is -2.38. The van der Waals surface area contributed by atoms with E-state index in [4.69, 9.17) is 14.2 Å². The Balaban J connectivity index is 2.95. The molecule has 21 heavy (non-hydrogen) atoms. The summed E-state index contributed by atoms with van der Waals surface area (Å²) in [6, 6.07) is 5.85. The number of ether oxygens (including phenoxy) is 3. The van der Waals surface area contributed by atoms with Crippen LogP contribution in [-0.4, -0.2) is 31.9 Å². The molecule has 0 heterocycles. The Bertz CT molecular complexity index is 507. The zero-order valence-corrected chi connectivity index (χ0v) is 12.9. The number of rotatable bonds is 4. The van der Waals surface area contributed by atoms with Crippen molar-refractivity contribution in [1.29, 1.82) is 0 Å². The predicted molar refractivity (Wildman–Crippen MR) is 77.1 cm³/mol. The van der Waals surface area contributed by atoms with E-state index >= 15 is 0 Å². The minimum Gasteiger partial charge on any atom is -0.497 e. The molecule has 0 aliphatic rings. The maximum absolute atomic E-state index is 11.9. The lowest BCUT2D eigenvalue weighted by atomic mass is 10.1. The van der Waals surface area contributed by atoms with E-state index in [0.29, 0.717) is 11.3 Å². The lowest BCUT2D eigenvalue weighted by Gasteiger charge is -2.23. The summed E-state index contributed by atoms with van der Waals surface area (Å²) in [5.74, 6) is -0.0125. The van der Waals surface area contributed by atoms with Crippen LogP contribution in [0.4, 0.5) is 4.79 Å². The second-order valence-electron chi connectivity index (χ2n) is 5.38. The van der Waals surface area contributed by atoms with E-state index in [1.807, 2.05) is 0 Å². The number of esters is 1. The molecule has 0 fully saturated rings. The second-order valence-corrected chi connectivity index (χ2v) is 5.38. The van der Waals surface area contributed by atoms with Crippen LogP contribution in [0.3, 0.4) is 0 Å². The van der Waals surface area contributed by atoms with Gasteiger partial charge in [-0.05, 0) is 38.5 Å². The van der Waals surface area contributed by atoms with Gasteiger partial charge in [-0.3, -0.25) is 0 Å². The molecule has 0 spiro atoms. The number of nitrogens with one attached hydrogen (secondary N) is 1. The standard InChI is InChI=1S/C15H21NO5/c1-15(2,3)21-14(18)16-12(13(17)20-5)10-7-6-8-11(9-10)19-4/h6-9,12H,1-5H3,(H,16,18)/t12-/m1/s1. The Morgan fingerprint density at radius 3 is 2.38 bits per heavy atom. The molecule has 0 aliphatic carbocycles. The molecule has 1 rings (SSSR count). The van der Waals surface area contributed by atoms with Gasteiger partial charge in [0.2, 0.25) is 0 Å². The summed E-state index contributed by atoms with van der Waals surface area (Å²) < 4.78 is 15.0. The molecule has 6 heteroatoms. The minimum atomic E-state index is -0.958. The number of carbonyl (C=O) groups excluding carboxylic acids is 2. The van der Waals surface area contributed by atoms with Gasteiger partial charge in [-0.1, -0.05) is 12.1 Å². The third-order valence-electron chi connectivity index (χ3n) is 2.53. The van der Waals surface area contributed by atoms with Crippen LogP contribution in [-0.2, 0) is 14.3 Å². The van der Waals surface area contributed by atoms with Gasteiger partial charge < -0.3 is 19.5 Å². The summed E-state index contributed by atoms with van der Waals surface area (Å²) in [5.41, 5.74) is -0.105. The Labute approximate surface area is 124 Å². The number of carbonyl (C=O) groups is 2. The van der Waals surface area contributed by atoms with Crippen LogP contribution in [0, 0.1) is 0 Å². The monoisotopic (exact) mass is 295 g/mol. The average molecular weight is 295 g/mol. The van der Waals surface area contributed by atoms with Crippen molar-refractivity contribution in [3.63, 3.8) is 0 Å². The van der Waals surface area contributed by atoms with Crippen LogP contribution in [0.5, 0.6) is 5.75 Å². The van der Waals surface area contributed by atoms with Crippen molar-refractivity contribution in [2.75, 3.05) is 14.2 Å². The van der Waals surface area contributed by atoms with E-state index in [0.717, 1.165) is 0 Å². The molecule has 1 N–H and O–H groups in total. The number of benzene rings is 1. The highest BCUT2D eigenvalue weighted by Gasteiger charge is 2.26. The topological polar surface area (TPSA) is 73.9 Å². The molecule has 0 aliphatic heterocycles. The van der Waals surface area contributed by atoms with Crippen molar-refractivity contribution in [2.45, 2.75) is 32.4 Å². The highest BCUT2D eigenvalue weighted by Crippen LogP contribution is 2.21. The third-order valence-corrected chi connectivity index (χ3v) is 2.53. The summed E-state index contributed by atoms with van der Waals surface area (Å²) in [6.45, 7) is 5.22. The molecule has 0 saturated heterocycles. The molecular formula is C15H21NO5. The molecule has 1 aromatic rings. The van der Waals surface area contributed by atoms with Gasteiger partial charge in [0.1, 0.15) is 11.4 Å². The van der Waals surface area contributed by atoms with Gasteiger partial charge in [0.15, 0.2) is 6.04 Å². The van der Waals surface area contributed by atoms with Crippen LogP contribution in [0.25, 0.3) is 0 Å². The molecule has 0 bridgehead atoms. The van der Waals surface area contributed by atoms with Gasteiger partial charge >= 0.3 is 12.1 Å². The van der Waals surface area contributed by atoms with E-state index < -0.39 is 23.7 Å². The van der Waals surface area contributed by atoms with Crippen molar-refractivity contribution >= 4 is 12.1 Å². The highest BCUT2D eigenvalue weighted by molar-refractivity contribution is 5.82. The molecule has 0 saturated carbocycles. The Morgan fingerprint density at radius 2 is 1.86 bits per heavy atom. The summed E-state index contributed by atoms with van der Waals surface area (Å²) >= 11 is 0. The number of alkyl carbamates (subject to hydrolysis) is 1. The SMILES string of the molecule is COC(=O)[C@H](NC(=O)OC(C)(C)C)c1cccc(OC)c1. The van der Waals surface area contributed by atoms with E-state index in [1.54, 1.807) is 45.0 Å². The predicted octanol–water partition coefficient (Wildman–Crippen LogP) is 2.43. The Kier molecular flexibility index (Phi) is 5.58. The molecule has 0 radical (unpaired) electrons. The number of hydrogen-bond donors (Lipinski definition) is 1. The summed E-state index contributed by atoms with van der Waals surface area (Å²) in [6.07, 6.45) is -0.694. The zero-order chi connectivity index (χ0) is 16.0. The van der Waals surface area contributed by atoms with Crippen molar-refractivity contribution in [3.05, 3.63) is 29.8 Å². The van der Waals surface area contributed by atoms with Crippen LogP contribution in [0.2, 0.25) is 0 Å². The van der Waals surface area contributed by atoms with Crippen molar-refractivity contribution in [2.24, 2.45) is 0 Å². The third kappa shape index (κ3) is 5.33. The Hall–Kier alpha value is -2.24. The van der Waals surface area contributed by atoms with Crippen LogP contribution < -0.4 is 10.1 Å². The van der Waals surface area contributed by atoms with E-state index in [2.05, 4.69) is 5.32 Å². The number of hydrogen-bond acceptors (Lipinski definition) is 5. The fourth-order valence-electron chi connectivity index (χ4n) is 1.64. The van der Waals surface area contributed by atoms with Crippen molar-refractivity contribution in [3.8, 4) is 5.75 Å². The molecule has 1 amide bonds. The Morgan fingerprint density at radius 1 is 1.19 bits per heavy atom. The number of methoxy groups -OCH3 is 2. The largest absolute Gasteiger partial charge is 0.497 e. The first-order valence-corrected chi connectivity index (χ1v) is 6.48. The quantitative estimate of drug-likeness (QED) is 0.864. The first kappa shape index (κ1) is 16.8. The molecule has 1 atom stereocenters. The smallest absolute Gasteiger partial charge is 0.408 e. The van der Waals surface area contributed by atoms with Crippen molar-refractivity contribution in [1.82, 2.24) is 5.32 Å². The summed E-state index contributed by atoms with van der Waals surface area (Å²) in [4.78, 5) is 23.7. The minimum absolute atomic E-state index is 0.548. The van der Waals surface area contributed by atoms with Gasteiger partial charge in [0.05, 0.1) is 14.2 Å². The molecule has 116 valence electrons. The van der Waals surface area contributed by atoms with Gasteiger partial charge in [0, 0.05) is 0 Å². The molecule has 1 aromatic carbocycles. The fourth-order valence-corrected chi connectivity index (χ4v) is 1.64. The average Bonchev–Trinajstić information content (AvgIpc) is 2.42. The zero-order valence-electron chi connectivity index (χ0n) is 12.9. The molecular weight excluding hydrogens is 274 g/mol. The van der Waals surface area contributed by atoms with Gasteiger partial charge in [0.25, 0.3) is 0 Å². The van der Waals surface area contributed by atoms with Crippen LogP contribution in [0.15, 0.2) is 24.3 Å². The molecule has 0 unspecified atom stereocenters. The highest BCUT2D eigenvalue weighted by atomic mass is 16.6. The number of amides is 1. The summed E-state index contributed by atoms with van der Waals surface area (Å²) in [7, 11) is 2.78. The van der Waals surface area contributed by atoms with Crippen molar-refractivity contribution < 1.29 is 23.8 Å². The molecule has 6 nitrogen and oxygen atoms in total. The fraction of sp³-hybridized carbons (Fsp3) is 0.467.